The van der Waals surface area contributed by atoms with Crippen molar-refractivity contribution in [1.82, 2.24) is 9.55 Å². The average Bonchev–Trinajstić information content (AvgIpc) is 3.37. The molecule has 32 heavy (non-hydrogen) atoms. The summed E-state index contributed by atoms with van der Waals surface area (Å²) in [7, 11) is -1.46. The Hall–Kier alpha value is -3.21. The van der Waals surface area contributed by atoms with E-state index in [2.05, 4.69) is 115 Å². The fourth-order valence-electron chi connectivity index (χ4n) is 4.62. The van der Waals surface area contributed by atoms with Crippen LogP contribution in [0, 0.1) is 0 Å². The molecule has 0 fully saturated rings. The lowest BCUT2D eigenvalue weighted by atomic mass is 10.1. The van der Waals surface area contributed by atoms with E-state index in [-0.39, 0.29) is 0 Å². The second-order valence-electron chi connectivity index (χ2n) is 9.31. The summed E-state index contributed by atoms with van der Waals surface area (Å²) in [6, 6.07) is 32.5. The molecule has 0 N–H and O–H groups in total. The first-order valence-corrected chi connectivity index (χ1v) is 15.3. The highest BCUT2D eigenvalue weighted by molar-refractivity contribution is 7.28. The number of hydrogen-bond donors (Lipinski definition) is 0. The third-order valence-electron chi connectivity index (χ3n) is 6.15. The van der Waals surface area contributed by atoms with E-state index in [0.717, 1.165) is 22.4 Å². The van der Waals surface area contributed by atoms with Gasteiger partial charge < -0.3 is 0 Å². The van der Waals surface area contributed by atoms with E-state index in [9.17, 15) is 0 Å². The Morgan fingerprint density at radius 3 is 2.16 bits per heavy atom. The van der Waals surface area contributed by atoms with Crippen LogP contribution in [0.3, 0.4) is 0 Å². The maximum atomic E-state index is 5.05. The normalized spacial score (nSPS) is 12.2. The number of fused-ring (bicyclic) bond motifs is 4. The smallest absolute Gasteiger partial charge is 0.145 e. The molecule has 2 aromatic heterocycles. The molecule has 0 saturated carbocycles. The minimum atomic E-state index is -1.46. The van der Waals surface area contributed by atoms with Gasteiger partial charge in [0.2, 0.25) is 0 Å². The van der Waals surface area contributed by atoms with Crippen molar-refractivity contribution in [3.8, 4) is 17.1 Å². The molecule has 156 valence electrons. The van der Waals surface area contributed by atoms with Crippen LogP contribution in [0.25, 0.3) is 48.3 Å². The van der Waals surface area contributed by atoms with Gasteiger partial charge in [0.15, 0.2) is 0 Å². The molecule has 0 aliphatic carbocycles. The summed E-state index contributed by atoms with van der Waals surface area (Å²) in [6.45, 7) is 7.30. The average molecular weight is 449 g/mol. The van der Waals surface area contributed by atoms with Gasteiger partial charge in [0.1, 0.15) is 5.82 Å². The Bertz CT molecular complexity index is 1600. The van der Waals surface area contributed by atoms with Crippen molar-refractivity contribution >= 4 is 55.8 Å². The van der Waals surface area contributed by atoms with Gasteiger partial charge in [-0.3, -0.25) is 4.57 Å². The molecular weight excluding hydrogens is 424 g/mol. The topological polar surface area (TPSA) is 17.8 Å². The number of nitrogens with zero attached hydrogens (tertiary/aromatic N) is 2. The molecule has 0 unspecified atom stereocenters. The summed E-state index contributed by atoms with van der Waals surface area (Å²) in [4.78, 5) is 5.05. The lowest BCUT2D eigenvalue weighted by Gasteiger charge is -2.17. The first-order valence-electron chi connectivity index (χ1n) is 11.0. The molecule has 0 aliphatic rings. The second kappa shape index (κ2) is 7.16. The Balaban J connectivity index is 1.73. The molecular formula is C28H24N2SSi. The third-order valence-corrected chi connectivity index (χ3v) is 9.64. The Labute approximate surface area is 192 Å². The molecule has 0 bridgehead atoms. The third kappa shape index (κ3) is 2.94. The van der Waals surface area contributed by atoms with E-state index in [1.54, 1.807) is 5.19 Å². The summed E-state index contributed by atoms with van der Waals surface area (Å²) in [6.07, 6.45) is 0. The van der Waals surface area contributed by atoms with Gasteiger partial charge in [-0.1, -0.05) is 92.4 Å². The molecule has 2 nitrogen and oxygen atoms in total. The molecule has 0 saturated heterocycles. The van der Waals surface area contributed by atoms with Gasteiger partial charge in [0, 0.05) is 21.0 Å². The zero-order valence-corrected chi connectivity index (χ0v) is 20.3. The summed E-state index contributed by atoms with van der Waals surface area (Å²) in [5.74, 6) is 0.988. The summed E-state index contributed by atoms with van der Waals surface area (Å²) >= 11 is 1.94. The van der Waals surface area contributed by atoms with Crippen molar-refractivity contribution in [2.75, 3.05) is 0 Å². The number of para-hydroxylation sites is 2. The van der Waals surface area contributed by atoms with Crippen LogP contribution in [0.15, 0.2) is 91.0 Å². The number of rotatable bonds is 3. The van der Waals surface area contributed by atoms with Gasteiger partial charge in [-0.2, -0.15) is 0 Å². The quantitative estimate of drug-likeness (QED) is 0.255. The Morgan fingerprint density at radius 2 is 1.38 bits per heavy atom. The van der Waals surface area contributed by atoms with Gasteiger partial charge in [-0.15, -0.1) is 11.3 Å². The van der Waals surface area contributed by atoms with E-state index in [4.69, 9.17) is 4.98 Å². The number of hydrogen-bond acceptors (Lipinski definition) is 2. The fourth-order valence-corrected chi connectivity index (χ4v) is 8.33. The molecule has 6 rings (SSSR count). The summed E-state index contributed by atoms with van der Waals surface area (Å²) < 4.78 is 5.12. The zero-order valence-electron chi connectivity index (χ0n) is 18.5. The van der Waals surface area contributed by atoms with Crippen molar-refractivity contribution < 1.29 is 0 Å². The molecule has 0 atom stereocenters. The highest BCUT2D eigenvalue weighted by atomic mass is 32.1. The molecule has 0 radical (unpaired) electrons. The minimum Gasteiger partial charge on any atom is -0.291 e. The zero-order chi connectivity index (χ0) is 21.9. The molecule has 0 amide bonds. The lowest BCUT2D eigenvalue weighted by Crippen LogP contribution is -2.37. The van der Waals surface area contributed by atoms with Crippen LogP contribution < -0.4 is 5.19 Å². The van der Waals surface area contributed by atoms with Gasteiger partial charge in [-0.05, 0) is 23.4 Å². The van der Waals surface area contributed by atoms with E-state index in [1.807, 2.05) is 11.3 Å². The minimum absolute atomic E-state index is 0.988. The van der Waals surface area contributed by atoms with E-state index in [1.165, 1.54) is 25.9 Å². The van der Waals surface area contributed by atoms with Crippen LogP contribution in [0.2, 0.25) is 19.6 Å². The molecule has 2 heterocycles. The lowest BCUT2D eigenvalue weighted by molar-refractivity contribution is 1.12. The summed E-state index contributed by atoms with van der Waals surface area (Å²) in [5, 5.41) is 4.25. The first kappa shape index (κ1) is 19.5. The molecule has 0 aliphatic heterocycles. The Morgan fingerprint density at radius 1 is 0.688 bits per heavy atom. The maximum absolute atomic E-state index is 5.05. The van der Waals surface area contributed by atoms with Crippen molar-refractivity contribution in [2.45, 2.75) is 19.6 Å². The van der Waals surface area contributed by atoms with E-state index < -0.39 is 8.07 Å². The van der Waals surface area contributed by atoms with Crippen molar-refractivity contribution in [2.24, 2.45) is 0 Å². The summed E-state index contributed by atoms with van der Waals surface area (Å²) in [5.41, 5.74) is 4.50. The predicted octanol–water partition coefficient (Wildman–Crippen LogP) is 7.61. The van der Waals surface area contributed by atoms with E-state index >= 15 is 0 Å². The van der Waals surface area contributed by atoms with Gasteiger partial charge in [-0.25, -0.2) is 4.98 Å². The number of aromatic nitrogens is 2. The molecule has 4 aromatic carbocycles. The van der Waals surface area contributed by atoms with Crippen molar-refractivity contribution in [3.05, 3.63) is 91.0 Å². The second-order valence-corrected chi connectivity index (χ2v) is 15.4. The molecule has 0 spiro atoms. The standard InChI is InChI=1S/C28H24N2SSi/c1-32(2,3)25-18-10-14-21-20-13-9-17-24(26(20)31-27(21)25)30-23-16-8-7-15-22(23)29-28(30)19-11-5-4-6-12-19/h4-18H,1-3H3. The van der Waals surface area contributed by atoms with Crippen LogP contribution >= 0.6 is 11.3 Å². The first-order chi connectivity index (χ1) is 15.5. The SMILES string of the molecule is C[Si](C)(C)c1cccc2c1sc1c(-n3c(-c4ccccc4)nc4ccccc43)cccc12. The predicted molar refractivity (Wildman–Crippen MR) is 142 cm³/mol. The van der Waals surface area contributed by atoms with Crippen LogP contribution in [0.4, 0.5) is 0 Å². The Kier molecular flexibility index (Phi) is 4.35. The molecule has 4 heteroatoms. The highest BCUT2D eigenvalue weighted by Crippen LogP contribution is 2.40. The largest absolute Gasteiger partial charge is 0.291 e. The van der Waals surface area contributed by atoms with Gasteiger partial charge >= 0.3 is 0 Å². The van der Waals surface area contributed by atoms with E-state index in [0.29, 0.717) is 0 Å². The number of thiophene rings is 1. The van der Waals surface area contributed by atoms with Crippen LogP contribution in [0.5, 0.6) is 0 Å². The number of benzene rings is 4. The number of imidazole rings is 1. The van der Waals surface area contributed by atoms with Crippen LogP contribution in [-0.2, 0) is 0 Å². The highest BCUT2D eigenvalue weighted by Gasteiger charge is 2.23. The fraction of sp³-hybridized carbons (Fsp3) is 0.107. The van der Waals surface area contributed by atoms with Crippen LogP contribution in [0.1, 0.15) is 0 Å². The van der Waals surface area contributed by atoms with Gasteiger partial charge in [0.05, 0.1) is 29.5 Å². The molecule has 6 aromatic rings. The van der Waals surface area contributed by atoms with Crippen molar-refractivity contribution in [1.29, 1.82) is 0 Å². The van der Waals surface area contributed by atoms with Crippen molar-refractivity contribution in [3.63, 3.8) is 0 Å². The maximum Gasteiger partial charge on any atom is 0.145 e. The monoisotopic (exact) mass is 448 g/mol. The van der Waals surface area contributed by atoms with Crippen LogP contribution in [-0.4, -0.2) is 17.6 Å². The van der Waals surface area contributed by atoms with Gasteiger partial charge in [0.25, 0.3) is 0 Å².